The fourth-order valence-electron chi connectivity index (χ4n) is 2.60. The van der Waals surface area contributed by atoms with Crippen LogP contribution in [0.1, 0.15) is 52.4 Å². The minimum Gasteiger partial charge on any atom is -0.480 e. The Balaban J connectivity index is 2.84. The number of hydrogen-bond acceptors (Lipinski definition) is 3. The molecule has 0 saturated heterocycles. The number of carboxylic acid groups (broad SMARTS) is 1. The van der Waals surface area contributed by atoms with Crippen molar-refractivity contribution in [1.29, 1.82) is 0 Å². The van der Waals surface area contributed by atoms with Crippen molar-refractivity contribution in [2.24, 2.45) is 11.3 Å². The molecule has 0 aromatic carbocycles. The highest BCUT2D eigenvalue weighted by atomic mass is 16.5. The van der Waals surface area contributed by atoms with E-state index in [4.69, 9.17) is 4.74 Å². The van der Waals surface area contributed by atoms with Gasteiger partial charge in [0.1, 0.15) is 0 Å². The number of hydrogen-bond donors (Lipinski definition) is 1. The van der Waals surface area contributed by atoms with Crippen molar-refractivity contribution in [3.05, 3.63) is 0 Å². The summed E-state index contributed by atoms with van der Waals surface area (Å²) in [7, 11) is 0. The number of rotatable bonds is 4. The van der Waals surface area contributed by atoms with Gasteiger partial charge >= 0.3 is 11.9 Å². The molecule has 2 atom stereocenters. The van der Waals surface area contributed by atoms with Gasteiger partial charge in [0.15, 0.2) is 5.41 Å². The number of carbonyl (C=O) groups is 2. The SMILES string of the molecule is CCOC(=O)C1(C(=O)O)CCCC(CC)CC1. The van der Waals surface area contributed by atoms with Crippen molar-refractivity contribution in [2.75, 3.05) is 6.61 Å². The minimum atomic E-state index is -1.29. The summed E-state index contributed by atoms with van der Waals surface area (Å²) in [4.78, 5) is 23.3. The first-order chi connectivity index (χ1) is 8.06. The van der Waals surface area contributed by atoms with Crippen molar-refractivity contribution in [2.45, 2.75) is 52.4 Å². The Bertz CT molecular complexity index is 287. The minimum absolute atomic E-state index is 0.241. The van der Waals surface area contributed by atoms with E-state index in [1.165, 1.54) is 0 Å². The van der Waals surface area contributed by atoms with Gasteiger partial charge in [0.05, 0.1) is 6.61 Å². The third-order valence-corrected chi connectivity index (χ3v) is 3.85. The molecule has 0 amide bonds. The fraction of sp³-hybridized carbons (Fsp3) is 0.846. The van der Waals surface area contributed by atoms with Gasteiger partial charge in [-0.1, -0.05) is 26.2 Å². The summed E-state index contributed by atoms with van der Waals surface area (Å²) >= 11 is 0. The van der Waals surface area contributed by atoms with E-state index in [1.807, 2.05) is 0 Å². The van der Waals surface area contributed by atoms with E-state index in [2.05, 4.69) is 6.92 Å². The van der Waals surface area contributed by atoms with E-state index in [1.54, 1.807) is 6.92 Å². The van der Waals surface area contributed by atoms with E-state index in [-0.39, 0.29) is 6.61 Å². The van der Waals surface area contributed by atoms with Gasteiger partial charge in [0, 0.05) is 0 Å². The highest BCUT2D eigenvalue weighted by Gasteiger charge is 2.48. The zero-order chi connectivity index (χ0) is 12.9. The molecule has 0 aromatic rings. The highest BCUT2D eigenvalue weighted by Crippen LogP contribution is 2.39. The number of carboxylic acids is 1. The zero-order valence-corrected chi connectivity index (χ0v) is 10.7. The molecule has 1 rings (SSSR count). The van der Waals surface area contributed by atoms with Crippen LogP contribution in [0.2, 0.25) is 0 Å². The molecular weight excluding hydrogens is 220 g/mol. The van der Waals surface area contributed by atoms with Gasteiger partial charge in [-0.2, -0.15) is 0 Å². The lowest BCUT2D eigenvalue weighted by Gasteiger charge is -2.25. The molecule has 0 heterocycles. The molecule has 4 nitrogen and oxygen atoms in total. The van der Waals surface area contributed by atoms with Crippen LogP contribution in [0.5, 0.6) is 0 Å². The van der Waals surface area contributed by atoms with Crippen molar-refractivity contribution in [3.63, 3.8) is 0 Å². The summed E-state index contributed by atoms with van der Waals surface area (Å²) in [6.07, 6.45) is 4.51. The van der Waals surface area contributed by atoms with Gasteiger partial charge in [-0.05, 0) is 32.1 Å². The van der Waals surface area contributed by atoms with Crippen molar-refractivity contribution in [1.82, 2.24) is 0 Å². The third kappa shape index (κ3) is 2.99. The zero-order valence-electron chi connectivity index (χ0n) is 10.7. The van der Waals surface area contributed by atoms with Crippen LogP contribution in [0.4, 0.5) is 0 Å². The number of carbonyl (C=O) groups excluding carboxylic acids is 1. The Morgan fingerprint density at radius 3 is 2.53 bits per heavy atom. The molecule has 0 radical (unpaired) electrons. The molecule has 0 bridgehead atoms. The van der Waals surface area contributed by atoms with Crippen LogP contribution in [0.25, 0.3) is 0 Å². The van der Waals surface area contributed by atoms with Crippen LogP contribution in [0.15, 0.2) is 0 Å². The molecule has 4 heteroatoms. The van der Waals surface area contributed by atoms with Gasteiger partial charge in [-0.25, -0.2) is 0 Å². The van der Waals surface area contributed by atoms with Gasteiger partial charge in [-0.15, -0.1) is 0 Å². The molecule has 17 heavy (non-hydrogen) atoms. The number of esters is 1. The standard InChI is InChI=1S/C13H22O4/c1-3-10-6-5-8-13(9-7-10,11(14)15)12(16)17-4-2/h10H,3-9H2,1-2H3,(H,14,15). The largest absolute Gasteiger partial charge is 0.480 e. The summed E-state index contributed by atoms with van der Waals surface area (Å²) in [5.41, 5.74) is -1.29. The Morgan fingerprint density at radius 1 is 1.29 bits per heavy atom. The van der Waals surface area contributed by atoms with Crippen LogP contribution in [0.3, 0.4) is 0 Å². The maximum atomic E-state index is 11.9. The first-order valence-corrected chi connectivity index (χ1v) is 6.47. The maximum Gasteiger partial charge on any atom is 0.323 e. The summed E-state index contributed by atoms with van der Waals surface area (Å²) < 4.78 is 4.95. The van der Waals surface area contributed by atoms with E-state index in [0.29, 0.717) is 18.8 Å². The van der Waals surface area contributed by atoms with Crippen molar-refractivity contribution < 1.29 is 19.4 Å². The first kappa shape index (κ1) is 14.0. The van der Waals surface area contributed by atoms with Gasteiger partial charge in [0.2, 0.25) is 0 Å². The summed E-state index contributed by atoms with van der Waals surface area (Å²) in [5, 5.41) is 9.37. The molecule has 2 unspecified atom stereocenters. The molecule has 1 saturated carbocycles. The average molecular weight is 242 g/mol. The van der Waals surface area contributed by atoms with Crippen molar-refractivity contribution in [3.8, 4) is 0 Å². The smallest absolute Gasteiger partial charge is 0.323 e. The fourth-order valence-corrected chi connectivity index (χ4v) is 2.60. The Labute approximate surface area is 102 Å². The van der Waals surface area contributed by atoms with Crippen LogP contribution in [-0.4, -0.2) is 23.7 Å². The third-order valence-electron chi connectivity index (χ3n) is 3.85. The molecule has 0 spiro atoms. The number of ether oxygens (including phenoxy) is 1. The van der Waals surface area contributed by atoms with Crippen LogP contribution in [0, 0.1) is 11.3 Å². The topological polar surface area (TPSA) is 63.6 Å². The lowest BCUT2D eigenvalue weighted by Crippen LogP contribution is -2.40. The summed E-state index contributed by atoms with van der Waals surface area (Å²) in [6.45, 7) is 4.06. The van der Waals surface area contributed by atoms with Crippen LogP contribution >= 0.6 is 0 Å². The molecule has 1 fully saturated rings. The maximum absolute atomic E-state index is 11.9. The Hall–Kier alpha value is -1.06. The summed E-state index contributed by atoms with van der Waals surface area (Å²) in [6, 6.07) is 0. The Kier molecular flexibility index (Phi) is 4.97. The molecule has 98 valence electrons. The van der Waals surface area contributed by atoms with Gasteiger partial charge < -0.3 is 9.84 Å². The second kappa shape index (κ2) is 6.03. The molecular formula is C13H22O4. The number of aliphatic carboxylic acids is 1. The normalized spacial score (nSPS) is 29.4. The summed E-state index contributed by atoms with van der Waals surface area (Å²) in [5.74, 6) is -1.03. The van der Waals surface area contributed by atoms with E-state index < -0.39 is 17.4 Å². The second-order valence-electron chi connectivity index (χ2n) is 4.81. The molecule has 1 aliphatic rings. The molecule has 0 aliphatic heterocycles. The average Bonchev–Trinajstić information content (AvgIpc) is 2.52. The van der Waals surface area contributed by atoms with Gasteiger partial charge in [0.25, 0.3) is 0 Å². The molecule has 1 aliphatic carbocycles. The van der Waals surface area contributed by atoms with Crippen LogP contribution in [-0.2, 0) is 14.3 Å². The lowest BCUT2D eigenvalue weighted by atomic mass is 9.80. The van der Waals surface area contributed by atoms with E-state index in [9.17, 15) is 14.7 Å². The van der Waals surface area contributed by atoms with Crippen molar-refractivity contribution >= 4 is 11.9 Å². The second-order valence-corrected chi connectivity index (χ2v) is 4.81. The highest BCUT2D eigenvalue weighted by molar-refractivity contribution is 5.99. The molecule has 0 aromatic heterocycles. The van der Waals surface area contributed by atoms with Crippen LogP contribution < -0.4 is 0 Å². The predicted molar refractivity (Wildman–Crippen MR) is 63.6 cm³/mol. The monoisotopic (exact) mass is 242 g/mol. The molecule has 1 N–H and O–H groups in total. The van der Waals surface area contributed by atoms with E-state index in [0.717, 1.165) is 25.7 Å². The quantitative estimate of drug-likeness (QED) is 0.467. The first-order valence-electron chi connectivity index (χ1n) is 6.47. The Morgan fingerprint density at radius 2 is 2.00 bits per heavy atom. The predicted octanol–water partition coefficient (Wildman–Crippen LogP) is 2.61. The lowest BCUT2D eigenvalue weighted by molar-refractivity contribution is -0.169. The van der Waals surface area contributed by atoms with E-state index >= 15 is 0 Å². The van der Waals surface area contributed by atoms with Gasteiger partial charge in [-0.3, -0.25) is 9.59 Å².